The SMILES string of the molecule is CN(C)c1ccc([C@@H](CNC(=O)c2cccc3ccccc23)[NH+]2CCCC2)cc1. The molecular formula is C25H30N3O+. The number of hydrogen-bond acceptors (Lipinski definition) is 2. The third-order valence-corrected chi connectivity index (χ3v) is 6.05. The van der Waals surface area contributed by atoms with Crippen molar-refractivity contribution in [1.82, 2.24) is 5.32 Å². The fourth-order valence-corrected chi connectivity index (χ4v) is 4.39. The lowest BCUT2D eigenvalue weighted by Gasteiger charge is -2.26. The molecule has 0 aromatic heterocycles. The first kappa shape index (κ1) is 19.5. The lowest BCUT2D eigenvalue weighted by atomic mass is 10.0. The molecule has 0 bridgehead atoms. The number of quaternary nitrogens is 1. The Labute approximate surface area is 173 Å². The summed E-state index contributed by atoms with van der Waals surface area (Å²) in [6.07, 6.45) is 2.53. The van der Waals surface area contributed by atoms with Crippen LogP contribution in [-0.2, 0) is 0 Å². The Morgan fingerprint density at radius 1 is 0.966 bits per heavy atom. The number of carbonyl (C=O) groups excluding carboxylic acids is 1. The highest BCUT2D eigenvalue weighted by Crippen LogP contribution is 2.20. The summed E-state index contributed by atoms with van der Waals surface area (Å²) in [5.41, 5.74) is 3.25. The van der Waals surface area contributed by atoms with Gasteiger partial charge in [-0.1, -0.05) is 48.5 Å². The Kier molecular flexibility index (Phi) is 5.81. The topological polar surface area (TPSA) is 36.8 Å². The minimum absolute atomic E-state index is 0.00955. The molecule has 1 heterocycles. The van der Waals surface area contributed by atoms with E-state index in [1.54, 1.807) is 4.90 Å². The van der Waals surface area contributed by atoms with Gasteiger partial charge in [-0.25, -0.2) is 0 Å². The van der Waals surface area contributed by atoms with E-state index in [-0.39, 0.29) is 11.9 Å². The largest absolute Gasteiger partial charge is 0.378 e. The molecule has 4 nitrogen and oxygen atoms in total. The van der Waals surface area contributed by atoms with Crippen molar-refractivity contribution in [3.05, 3.63) is 77.9 Å². The van der Waals surface area contributed by atoms with Crippen LogP contribution in [0.15, 0.2) is 66.7 Å². The van der Waals surface area contributed by atoms with Crippen LogP contribution in [0.5, 0.6) is 0 Å². The first-order valence-electron chi connectivity index (χ1n) is 10.5. The summed E-state index contributed by atoms with van der Waals surface area (Å²) >= 11 is 0. The van der Waals surface area contributed by atoms with Gasteiger partial charge in [0.25, 0.3) is 5.91 Å². The number of fused-ring (bicyclic) bond motifs is 1. The van der Waals surface area contributed by atoms with Gasteiger partial charge in [-0.3, -0.25) is 4.79 Å². The molecule has 4 heteroatoms. The van der Waals surface area contributed by atoms with Crippen molar-refractivity contribution in [3.63, 3.8) is 0 Å². The molecule has 0 unspecified atom stereocenters. The fourth-order valence-electron chi connectivity index (χ4n) is 4.39. The molecule has 1 aliphatic rings. The smallest absolute Gasteiger partial charge is 0.252 e. The van der Waals surface area contributed by atoms with Crippen LogP contribution in [0, 0.1) is 0 Å². The van der Waals surface area contributed by atoms with Crippen molar-refractivity contribution in [2.75, 3.05) is 38.6 Å². The van der Waals surface area contributed by atoms with E-state index < -0.39 is 0 Å². The normalized spacial score (nSPS) is 15.4. The third-order valence-electron chi connectivity index (χ3n) is 6.05. The van der Waals surface area contributed by atoms with Crippen molar-refractivity contribution in [2.45, 2.75) is 18.9 Å². The van der Waals surface area contributed by atoms with E-state index in [0.29, 0.717) is 6.54 Å². The van der Waals surface area contributed by atoms with Crippen molar-refractivity contribution in [3.8, 4) is 0 Å². The second kappa shape index (κ2) is 8.66. The van der Waals surface area contributed by atoms with Crippen LogP contribution < -0.4 is 15.1 Å². The Bertz CT molecular complexity index is 970. The summed E-state index contributed by atoms with van der Waals surface area (Å²) in [7, 11) is 4.12. The highest BCUT2D eigenvalue weighted by atomic mass is 16.1. The quantitative estimate of drug-likeness (QED) is 0.681. The Balaban J connectivity index is 1.54. The fraction of sp³-hybridized carbons (Fsp3) is 0.320. The van der Waals surface area contributed by atoms with Gasteiger partial charge in [0, 0.05) is 43.8 Å². The van der Waals surface area contributed by atoms with E-state index in [9.17, 15) is 4.79 Å². The van der Waals surface area contributed by atoms with Gasteiger partial charge >= 0.3 is 0 Å². The van der Waals surface area contributed by atoms with Gasteiger partial charge in [0.15, 0.2) is 0 Å². The Morgan fingerprint density at radius 3 is 2.38 bits per heavy atom. The maximum absolute atomic E-state index is 13.0. The number of nitrogens with zero attached hydrogens (tertiary/aromatic N) is 1. The standard InChI is InChI=1S/C25H29N3O/c1-27(2)21-14-12-20(13-15-21)24(28-16-5-6-17-28)18-26-25(29)23-11-7-9-19-8-3-4-10-22(19)23/h3-4,7-15,24H,5-6,16-18H2,1-2H3,(H,26,29)/p+1/t24-/m1/s1. The summed E-state index contributed by atoms with van der Waals surface area (Å²) in [6, 6.07) is 23.1. The number of likely N-dealkylation sites (tertiary alicyclic amines) is 1. The van der Waals surface area contributed by atoms with Gasteiger partial charge in [0.1, 0.15) is 6.04 Å². The van der Waals surface area contributed by atoms with E-state index in [0.717, 1.165) is 16.3 Å². The Hall–Kier alpha value is -2.85. The highest BCUT2D eigenvalue weighted by Gasteiger charge is 2.28. The van der Waals surface area contributed by atoms with Crippen LogP contribution in [-0.4, -0.2) is 39.6 Å². The summed E-state index contributed by atoms with van der Waals surface area (Å²) in [6.45, 7) is 2.99. The summed E-state index contributed by atoms with van der Waals surface area (Å²) in [5, 5.41) is 5.34. The van der Waals surface area contributed by atoms with Crippen molar-refractivity contribution < 1.29 is 9.69 Å². The second-order valence-corrected chi connectivity index (χ2v) is 8.14. The molecule has 0 spiro atoms. The van der Waals surface area contributed by atoms with Crippen LogP contribution in [0.3, 0.4) is 0 Å². The molecule has 0 radical (unpaired) electrons. The lowest BCUT2D eigenvalue weighted by molar-refractivity contribution is -0.918. The minimum atomic E-state index is 0.00955. The number of nitrogens with one attached hydrogen (secondary N) is 2. The van der Waals surface area contributed by atoms with Gasteiger partial charge in [-0.2, -0.15) is 0 Å². The van der Waals surface area contributed by atoms with Crippen LogP contribution in [0.25, 0.3) is 10.8 Å². The lowest BCUT2D eigenvalue weighted by Crippen LogP contribution is -3.11. The number of hydrogen-bond donors (Lipinski definition) is 2. The van der Waals surface area contributed by atoms with Crippen molar-refractivity contribution >= 4 is 22.4 Å². The molecule has 1 aliphatic heterocycles. The van der Waals surface area contributed by atoms with Crippen molar-refractivity contribution in [1.29, 1.82) is 0 Å². The number of benzene rings is 3. The van der Waals surface area contributed by atoms with E-state index in [4.69, 9.17) is 0 Å². The number of anilines is 1. The van der Waals surface area contributed by atoms with Crippen LogP contribution >= 0.6 is 0 Å². The van der Waals surface area contributed by atoms with Crippen LogP contribution in [0.1, 0.15) is 34.8 Å². The molecule has 1 fully saturated rings. The molecule has 150 valence electrons. The van der Waals surface area contributed by atoms with Crippen LogP contribution in [0.4, 0.5) is 5.69 Å². The summed E-state index contributed by atoms with van der Waals surface area (Å²) in [4.78, 5) is 16.7. The molecule has 1 saturated heterocycles. The zero-order valence-corrected chi connectivity index (χ0v) is 17.3. The van der Waals surface area contributed by atoms with E-state index in [2.05, 4.69) is 60.7 Å². The average Bonchev–Trinajstić information content (AvgIpc) is 3.28. The van der Waals surface area contributed by atoms with Gasteiger partial charge in [-0.05, 0) is 29.0 Å². The molecule has 29 heavy (non-hydrogen) atoms. The average molecular weight is 389 g/mol. The molecule has 3 aromatic rings. The number of carbonyl (C=O) groups is 1. The molecular weight excluding hydrogens is 358 g/mol. The predicted octanol–water partition coefficient (Wildman–Crippen LogP) is 3.06. The molecule has 2 N–H and O–H groups in total. The second-order valence-electron chi connectivity index (χ2n) is 8.14. The third kappa shape index (κ3) is 4.28. The monoisotopic (exact) mass is 388 g/mol. The molecule has 1 atom stereocenters. The maximum atomic E-state index is 13.0. The zero-order valence-electron chi connectivity index (χ0n) is 17.3. The van der Waals surface area contributed by atoms with E-state index >= 15 is 0 Å². The van der Waals surface area contributed by atoms with Gasteiger partial charge in [0.2, 0.25) is 0 Å². The number of rotatable bonds is 6. The molecule has 1 amide bonds. The van der Waals surface area contributed by atoms with Crippen LogP contribution in [0.2, 0.25) is 0 Å². The van der Waals surface area contributed by atoms with E-state index in [1.165, 1.54) is 37.2 Å². The molecule has 0 aliphatic carbocycles. The molecule has 0 saturated carbocycles. The summed E-state index contributed by atoms with van der Waals surface area (Å²) < 4.78 is 0. The van der Waals surface area contributed by atoms with Gasteiger partial charge < -0.3 is 15.1 Å². The zero-order chi connectivity index (χ0) is 20.2. The van der Waals surface area contributed by atoms with E-state index in [1.807, 2.05) is 30.3 Å². The number of amides is 1. The molecule has 3 aromatic carbocycles. The van der Waals surface area contributed by atoms with Gasteiger partial charge in [0.05, 0.1) is 19.6 Å². The first-order chi connectivity index (χ1) is 14.1. The molecule has 4 rings (SSSR count). The maximum Gasteiger partial charge on any atom is 0.252 e. The predicted molar refractivity (Wildman–Crippen MR) is 120 cm³/mol. The van der Waals surface area contributed by atoms with Gasteiger partial charge in [-0.15, -0.1) is 0 Å². The summed E-state index contributed by atoms with van der Waals surface area (Å²) in [5.74, 6) is 0.00955. The minimum Gasteiger partial charge on any atom is -0.378 e. The Morgan fingerprint density at radius 2 is 1.66 bits per heavy atom. The van der Waals surface area contributed by atoms with Crippen molar-refractivity contribution in [2.24, 2.45) is 0 Å². The highest BCUT2D eigenvalue weighted by molar-refractivity contribution is 6.07. The first-order valence-corrected chi connectivity index (χ1v) is 10.5.